The zero-order valence-electron chi connectivity index (χ0n) is 8.93. The Kier molecular flexibility index (Phi) is 2.68. The number of rotatable bonds is 2. The van der Waals surface area contributed by atoms with Crippen molar-refractivity contribution in [3.05, 3.63) is 35.7 Å². The van der Waals surface area contributed by atoms with Crippen molar-refractivity contribution in [2.24, 2.45) is 0 Å². The van der Waals surface area contributed by atoms with Gasteiger partial charge < -0.3 is 9.26 Å². The molecule has 0 saturated carbocycles. The number of aryl methyl sites for hydroxylation is 1. The maximum absolute atomic E-state index is 11.3. The summed E-state index contributed by atoms with van der Waals surface area (Å²) in [4.78, 5) is 15.4. The standard InChI is InChI=1S/C11H10N2O3/c1-7-12-10(13-16-7)8-4-3-5-9(6-8)11(14)15-2/h3-6H,1-2H3. The van der Waals surface area contributed by atoms with Crippen molar-refractivity contribution in [1.82, 2.24) is 10.1 Å². The van der Waals surface area contributed by atoms with Gasteiger partial charge in [0.15, 0.2) is 0 Å². The van der Waals surface area contributed by atoms with Crippen LogP contribution in [0.4, 0.5) is 0 Å². The Balaban J connectivity index is 2.39. The highest BCUT2D eigenvalue weighted by Crippen LogP contribution is 2.17. The van der Waals surface area contributed by atoms with Crippen LogP contribution in [0.5, 0.6) is 0 Å². The summed E-state index contributed by atoms with van der Waals surface area (Å²) in [5, 5.41) is 3.77. The number of esters is 1. The molecule has 0 radical (unpaired) electrons. The molecule has 0 aliphatic heterocycles. The first-order chi connectivity index (χ1) is 7.70. The van der Waals surface area contributed by atoms with Crippen molar-refractivity contribution in [2.75, 3.05) is 7.11 Å². The number of carbonyl (C=O) groups excluding carboxylic acids is 1. The van der Waals surface area contributed by atoms with Gasteiger partial charge in [0, 0.05) is 12.5 Å². The van der Waals surface area contributed by atoms with E-state index in [1.54, 1.807) is 31.2 Å². The van der Waals surface area contributed by atoms with E-state index in [-0.39, 0.29) is 5.97 Å². The minimum atomic E-state index is -0.387. The predicted octanol–water partition coefficient (Wildman–Crippen LogP) is 1.83. The molecule has 0 atom stereocenters. The molecule has 1 aromatic heterocycles. The summed E-state index contributed by atoms with van der Waals surface area (Å²) in [7, 11) is 1.34. The monoisotopic (exact) mass is 218 g/mol. The Hall–Kier alpha value is -2.17. The van der Waals surface area contributed by atoms with Crippen LogP contribution in [0.15, 0.2) is 28.8 Å². The SMILES string of the molecule is COC(=O)c1cccc(-c2noc(C)n2)c1. The van der Waals surface area contributed by atoms with Crippen LogP contribution >= 0.6 is 0 Å². The third-order valence-electron chi connectivity index (χ3n) is 2.07. The average Bonchev–Trinajstić information content (AvgIpc) is 2.75. The molecule has 0 spiro atoms. The first-order valence-corrected chi connectivity index (χ1v) is 4.70. The van der Waals surface area contributed by atoms with Gasteiger partial charge in [-0.05, 0) is 12.1 Å². The molecule has 2 aromatic rings. The van der Waals surface area contributed by atoms with Crippen molar-refractivity contribution in [1.29, 1.82) is 0 Å². The van der Waals surface area contributed by atoms with E-state index in [2.05, 4.69) is 14.9 Å². The number of nitrogens with zero attached hydrogens (tertiary/aromatic N) is 2. The maximum atomic E-state index is 11.3. The fraction of sp³-hybridized carbons (Fsp3) is 0.182. The topological polar surface area (TPSA) is 65.2 Å². The van der Waals surface area contributed by atoms with Gasteiger partial charge in [-0.15, -0.1) is 0 Å². The van der Waals surface area contributed by atoms with E-state index in [1.165, 1.54) is 7.11 Å². The van der Waals surface area contributed by atoms with E-state index < -0.39 is 0 Å². The summed E-state index contributed by atoms with van der Waals surface area (Å²) in [5.74, 6) is 0.559. The number of carbonyl (C=O) groups is 1. The lowest BCUT2D eigenvalue weighted by atomic mass is 10.1. The van der Waals surface area contributed by atoms with Gasteiger partial charge in [-0.3, -0.25) is 0 Å². The Morgan fingerprint density at radius 1 is 1.44 bits per heavy atom. The lowest BCUT2D eigenvalue weighted by Gasteiger charge is -2.00. The van der Waals surface area contributed by atoms with E-state index in [4.69, 9.17) is 4.52 Å². The molecule has 2 rings (SSSR count). The Morgan fingerprint density at radius 3 is 2.88 bits per heavy atom. The molecule has 0 amide bonds. The summed E-state index contributed by atoms with van der Waals surface area (Å²) in [6, 6.07) is 6.88. The van der Waals surface area contributed by atoms with Crippen LogP contribution in [0, 0.1) is 6.92 Å². The molecule has 0 N–H and O–H groups in total. The second-order valence-corrected chi connectivity index (χ2v) is 3.21. The number of aromatic nitrogens is 2. The molecule has 0 aliphatic carbocycles. The number of benzene rings is 1. The molecule has 5 nitrogen and oxygen atoms in total. The summed E-state index contributed by atoms with van der Waals surface area (Å²) in [6.07, 6.45) is 0. The van der Waals surface area contributed by atoms with Gasteiger partial charge in [0.2, 0.25) is 11.7 Å². The second-order valence-electron chi connectivity index (χ2n) is 3.21. The maximum Gasteiger partial charge on any atom is 0.337 e. The third-order valence-corrected chi connectivity index (χ3v) is 2.07. The van der Waals surface area contributed by atoms with Crippen molar-refractivity contribution in [3.63, 3.8) is 0 Å². The molecule has 5 heteroatoms. The van der Waals surface area contributed by atoms with Crippen LogP contribution < -0.4 is 0 Å². The lowest BCUT2D eigenvalue weighted by Crippen LogP contribution is -2.00. The van der Waals surface area contributed by atoms with Crippen molar-refractivity contribution in [3.8, 4) is 11.4 Å². The normalized spacial score (nSPS) is 10.1. The van der Waals surface area contributed by atoms with E-state index in [9.17, 15) is 4.79 Å². The van der Waals surface area contributed by atoms with Crippen LogP contribution in [-0.2, 0) is 4.74 Å². The van der Waals surface area contributed by atoms with Gasteiger partial charge in [0.05, 0.1) is 12.7 Å². The van der Waals surface area contributed by atoms with Gasteiger partial charge in [0.25, 0.3) is 0 Å². The smallest absolute Gasteiger partial charge is 0.337 e. The van der Waals surface area contributed by atoms with E-state index in [0.29, 0.717) is 17.3 Å². The fourth-order valence-corrected chi connectivity index (χ4v) is 1.32. The highest BCUT2D eigenvalue weighted by atomic mass is 16.5. The molecule has 0 aliphatic rings. The number of hydrogen-bond donors (Lipinski definition) is 0. The van der Waals surface area contributed by atoms with Gasteiger partial charge in [-0.2, -0.15) is 4.98 Å². The fourth-order valence-electron chi connectivity index (χ4n) is 1.32. The number of hydrogen-bond acceptors (Lipinski definition) is 5. The van der Waals surface area contributed by atoms with Crippen LogP contribution in [0.1, 0.15) is 16.2 Å². The minimum Gasteiger partial charge on any atom is -0.465 e. The largest absolute Gasteiger partial charge is 0.465 e. The first-order valence-electron chi connectivity index (χ1n) is 4.70. The molecule has 0 unspecified atom stereocenters. The zero-order chi connectivity index (χ0) is 11.5. The Morgan fingerprint density at radius 2 is 2.25 bits per heavy atom. The van der Waals surface area contributed by atoms with Crippen molar-refractivity contribution in [2.45, 2.75) is 6.92 Å². The summed E-state index contributed by atoms with van der Waals surface area (Å²) >= 11 is 0. The zero-order valence-corrected chi connectivity index (χ0v) is 8.93. The minimum absolute atomic E-state index is 0.387. The first kappa shape index (κ1) is 10.4. The molecule has 0 bridgehead atoms. The number of methoxy groups -OCH3 is 1. The molecule has 1 heterocycles. The van der Waals surface area contributed by atoms with E-state index in [1.807, 2.05) is 0 Å². The molecule has 0 saturated heterocycles. The Bertz CT molecular complexity index is 519. The predicted molar refractivity (Wildman–Crippen MR) is 55.8 cm³/mol. The van der Waals surface area contributed by atoms with Crippen LogP contribution in [0.2, 0.25) is 0 Å². The van der Waals surface area contributed by atoms with Gasteiger partial charge in [-0.25, -0.2) is 4.79 Å². The highest BCUT2D eigenvalue weighted by Gasteiger charge is 2.09. The van der Waals surface area contributed by atoms with Gasteiger partial charge in [-0.1, -0.05) is 17.3 Å². The highest BCUT2D eigenvalue weighted by molar-refractivity contribution is 5.90. The van der Waals surface area contributed by atoms with Crippen LogP contribution in [0.3, 0.4) is 0 Å². The van der Waals surface area contributed by atoms with Crippen molar-refractivity contribution < 1.29 is 14.1 Å². The lowest BCUT2D eigenvalue weighted by molar-refractivity contribution is 0.0601. The second kappa shape index (κ2) is 4.14. The summed E-state index contributed by atoms with van der Waals surface area (Å²) < 4.78 is 9.50. The summed E-state index contributed by atoms with van der Waals surface area (Å²) in [5.41, 5.74) is 1.18. The van der Waals surface area contributed by atoms with Crippen LogP contribution in [-0.4, -0.2) is 23.2 Å². The van der Waals surface area contributed by atoms with Crippen molar-refractivity contribution >= 4 is 5.97 Å². The molecular formula is C11H10N2O3. The molecule has 82 valence electrons. The number of ether oxygens (including phenoxy) is 1. The molecule has 16 heavy (non-hydrogen) atoms. The van der Waals surface area contributed by atoms with Crippen LogP contribution in [0.25, 0.3) is 11.4 Å². The third kappa shape index (κ3) is 1.93. The molecular weight excluding hydrogens is 208 g/mol. The van der Waals surface area contributed by atoms with E-state index in [0.717, 1.165) is 5.56 Å². The average molecular weight is 218 g/mol. The molecule has 0 fully saturated rings. The van der Waals surface area contributed by atoms with E-state index >= 15 is 0 Å². The quantitative estimate of drug-likeness (QED) is 0.719. The van der Waals surface area contributed by atoms with Gasteiger partial charge >= 0.3 is 5.97 Å². The summed E-state index contributed by atoms with van der Waals surface area (Å²) in [6.45, 7) is 1.71. The molecule has 1 aromatic carbocycles. The van der Waals surface area contributed by atoms with Gasteiger partial charge in [0.1, 0.15) is 0 Å². The Labute approximate surface area is 92.0 Å².